The number of unbranched alkanes of at least 4 members (excludes halogenated alkanes) is 4. The summed E-state index contributed by atoms with van der Waals surface area (Å²) in [4.78, 5) is 16.1. The van der Waals surface area contributed by atoms with Gasteiger partial charge in [0.1, 0.15) is 0 Å². The summed E-state index contributed by atoms with van der Waals surface area (Å²) in [6.45, 7) is 9.80. The molecule has 0 amide bonds. The van der Waals surface area contributed by atoms with E-state index in [1.165, 1.54) is 36.1 Å². The Morgan fingerprint density at radius 3 is 2.49 bits per heavy atom. The number of carboxylic acids is 1. The van der Waals surface area contributed by atoms with E-state index in [0.717, 1.165) is 63.5 Å². The summed E-state index contributed by atoms with van der Waals surface area (Å²) in [6, 6.07) is 2.28. The third-order valence-electron chi connectivity index (χ3n) is 13.0. The zero-order valence-electron chi connectivity index (χ0n) is 34.7. The Bertz CT molecular complexity index is 1400. The number of aliphatic hydroxyl groups is 4. The minimum absolute atomic E-state index is 0.0509. The van der Waals surface area contributed by atoms with Crippen molar-refractivity contribution in [1.82, 2.24) is 10.3 Å². The normalized spacial score (nSPS) is 27.1. The third kappa shape index (κ3) is 14.1. The highest BCUT2D eigenvalue weighted by Gasteiger charge is 2.46. The molecule has 0 spiro atoms. The van der Waals surface area contributed by atoms with Gasteiger partial charge in [0.25, 0.3) is 0 Å². The van der Waals surface area contributed by atoms with Crippen LogP contribution in [0.2, 0.25) is 0 Å². The van der Waals surface area contributed by atoms with E-state index < -0.39 is 23.6 Å². The van der Waals surface area contributed by atoms with Crippen LogP contribution in [-0.2, 0) is 17.6 Å². The molecule has 2 aliphatic carbocycles. The maximum atomic E-state index is 12.4. The summed E-state index contributed by atoms with van der Waals surface area (Å²) in [5, 5.41) is 57.4. The number of rotatable bonds is 25. The summed E-state index contributed by atoms with van der Waals surface area (Å²) in [5.74, 6) is 0.574. The van der Waals surface area contributed by atoms with Gasteiger partial charge < -0.3 is 41.6 Å². The van der Waals surface area contributed by atoms with E-state index in [2.05, 4.69) is 62.3 Å². The van der Waals surface area contributed by atoms with Gasteiger partial charge in [-0.1, -0.05) is 84.4 Å². The Kier molecular flexibility index (Phi) is 18.4. The predicted molar refractivity (Wildman–Crippen MR) is 222 cm³/mol. The van der Waals surface area contributed by atoms with Gasteiger partial charge in [-0.15, -0.1) is 0 Å². The van der Waals surface area contributed by atoms with E-state index in [0.29, 0.717) is 68.6 Å². The van der Waals surface area contributed by atoms with E-state index in [4.69, 9.17) is 5.73 Å². The van der Waals surface area contributed by atoms with Gasteiger partial charge in [0, 0.05) is 30.5 Å². The van der Waals surface area contributed by atoms with Gasteiger partial charge in [-0.25, -0.2) is 0 Å². The van der Waals surface area contributed by atoms with E-state index in [-0.39, 0.29) is 36.9 Å². The van der Waals surface area contributed by atoms with Gasteiger partial charge in [0.05, 0.1) is 29.5 Å². The molecular weight excluding hydrogens is 691 g/mol. The van der Waals surface area contributed by atoms with Crippen LogP contribution < -0.4 is 11.1 Å². The van der Waals surface area contributed by atoms with E-state index in [9.17, 15) is 30.3 Å². The molecule has 312 valence electrons. The van der Waals surface area contributed by atoms with Crippen molar-refractivity contribution in [1.29, 1.82) is 0 Å². The average molecular weight is 768 g/mol. The maximum Gasteiger partial charge on any atom is 0.309 e. The van der Waals surface area contributed by atoms with E-state index in [1.54, 1.807) is 0 Å². The van der Waals surface area contributed by atoms with Gasteiger partial charge in [-0.05, 0) is 136 Å². The number of nitrogens with two attached hydrogens (primary N) is 1. The number of aromatic nitrogens is 1. The second kappa shape index (κ2) is 22.4. The Balaban J connectivity index is 1.37. The molecule has 1 saturated carbocycles. The van der Waals surface area contributed by atoms with Crippen molar-refractivity contribution >= 4 is 5.97 Å². The lowest BCUT2D eigenvalue weighted by atomic mass is 9.80. The second-order valence-electron chi connectivity index (χ2n) is 18.2. The number of aliphatic carboxylic acids is 1. The molecular formula is C46H77N3O6. The smallest absolute Gasteiger partial charge is 0.309 e. The summed E-state index contributed by atoms with van der Waals surface area (Å²) in [5.41, 5.74) is 9.79. The van der Waals surface area contributed by atoms with Crippen LogP contribution in [-0.4, -0.2) is 67.4 Å². The molecule has 3 aliphatic rings. The zero-order chi connectivity index (χ0) is 40.0. The van der Waals surface area contributed by atoms with Crippen molar-refractivity contribution < 1.29 is 30.3 Å². The van der Waals surface area contributed by atoms with Gasteiger partial charge in [0.2, 0.25) is 0 Å². The number of H-pyrrole nitrogens is 1. The number of hydrogen-bond donors (Lipinski definition) is 8. The van der Waals surface area contributed by atoms with Crippen LogP contribution >= 0.6 is 0 Å². The fourth-order valence-electron chi connectivity index (χ4n) is 10.0. The molecule has 1 aromatic rings. The summed E-state index contributed by atoms with van der Waals surface area (Å²) in [6.07, 6.45) is 22.8. The molecule has 2 heterocycles. The number of aliphatic hydroxyl groups excluding tert-OH is 3. The number of dihydropyridines is 1. The lowest BCUT2D eigenvalue weighted by Crippen LogP contribution is -2.37. The largest absolute Gasteiger partial charge is 0.481 e. The Hall–Kier alpha value is -2.59. The standard InChI is InChI=1S/C46H77N3O6/c1-5-6-8-12-33-16-17-36(43(52)26-33)13-9-7-10-14-39(45(53)54)42(51)18-20-46(55)30-35(24-34-19-21-48-44(47)27-34)25-37(46)28-38-29-40(32(4)23-31(2)3)41(49-38)15-11-22-50/h16-17,19,27,29,31-33,35-37,39,42-43,48-52,55H,5-15,18,20-26,28,30,47H2,1-4H3,(H,53,54). The molecule has 1 aliphatic heterocycles. The van der Waals surface area contributed by atoms with Crippen molar-refractivity contribution in [2.75, 3.05) is 13.2 Å². The van der Waals surface area contributed by atoms with Gasteiger partial charge in [0.15, 0.2) is 0 Å². The number of allylic oxidation sites excluding steroid dienone is 3. The molecule has 9 heteroatoms. The first-order valence-corrected chi connectivity index (χ1v) is 22.0. The third-order valence-corrected chi connectivity index (χ3v) is 13.0. The first kappa shape index (κ1) is 45.1. The van der Waals surface area contributed by atoms with Gasteiger partial charge in [-0.2, -0.15) is 0 Å². The Morgan fingerprint density at radius 1 is 1.02 bits per heavy atom. The molecule has 9 unspecified atom stereocenters. The van der Waals surface area contributed by atoms with Crippen LogP contribution in [0, 0.1) is 35.5 Å². The molecule has 55 heavy (non-hydrogen) atoms. The highest BCUT2D eigenvalue weighted by Crippen LogP contribution is 2.47. The molecule has 0 bridgehead atoms. The average Bonchev–Trinajstić information content (AvgIpc) is 3.67. The van der Waals surface area contributed by atoms with Crippen LogP contribution in [0.1, 0.15) is 160 Å². The Labute approximate surface area is 332 Å². The molecule has 9 nitrogen and oxygen atoms in total. The van der Waals surface area contributed by atoms with Gasteiger partial charge >= 0.3 is 5.97 Å². The fourth-order valence-corrected chi connectivity index (χ4v) is 10.0. The van der Waals surface area contributed by atoms with Crippen LogP contribution in [0.3, 0.4) is 0 Å². The topological polar surface area (TPSA) is 172 Å². The molecule has 1 aromatic heterocycles. The molecule has 1 fully saturated rings. The van der Waals surface area contributed by atoms with E-state index in [1.807, 2.05) is 6.08 Å². The minimum atomic E-state index is -1.04. The molecule has 9 atom stereocenters. The van der Waals surface area contributed by atoms with Crippen molar-refractivity contribution in [3.8, 4) is 0 Å². The summed E-state index contributed by atoms with van der Waals surface area (Å²) in [7, 11) is 0. The van der Waals surface area contributed by atoms with Crippen LogP contribution in [0.4, 0.5) is 0 Å². The van der Waals surface area contributed by atoms with Crippen LogP contribution in [0.25, 0.3) is 0 Å². The number of carboxylic acid groups (broad SMARTS) is 1. The SMILES string of the molecule is CCCCCC1C=CC(CCCCCC(C(=O)O)C(O)CCC2(O)CC(CC3=CCNC(N)=C3)CC2Cc2cc(C(C)CC(C)C)c(CCCO)[nH]2)C(O)C1. The Morgan fingerprint density at radius 2 is 1.80 bits per heavy atom. The van der Waals surface area contributed by atoms with Crippen molar-refractivity contribution in [3.63, 3.8) is 0 Å². The van der Waals surface area contributed by atoms with Crippen molar-refractivity contribution in [2.24, 2.45) is 41.2 Å². The number of hydrogen-bond acceptors (Lipinski definition) is 7. The van der Waals surface area contributed by atoms with E-state index >= 15 is 0 Å². The summed E-state index contributed by atoms with van der Waals surface area (Å²) >= 11 is 0. The highest BCUT2D eigenvalue weighted by atomic mass is 16.4. The summed E-state index contributed by atoms with van der Waals surface area (Å²) < 4.78 is 0. The number of carbonyl (C=O) groups is 1. The zero-order valence-corrected chi connectivity index (χ0v) is 34.7. The molecule has 0 saturated heterocycles. The highest BCUT2D eigenvalue weighted by molar-refractivity contribution is 5.70. The molecule has 4 rings (SSSR count). The maximum absolute atomic E-state index is 12.4. The molecule has 0 radical (unpaired) electrons. The number of nitrogens with one attached hydrogen (secondary N) is 2. The lowest BCUT2D eigenvalue weighted by Gasteiger charge is -2.32. The second-order valence-corrected chi connectivity index (χ2v) is 18.2. The molecule has 0 aromatic carbocycles. The minimum Gasteiger partial charge on any atom is -0.481 e. The monoisotopic (exact) mass is 768 g/mol. The van der Waals surface area contributed by atoms with Crippen molar-refractivity contribution in [2.45, 2.75) is 173 Å². The fraction of sp³-hybridized carbons (Fsp3) is 0.761. The quantitative estimate of drug-likeness (QED) is 0.0365. The number of aromatic amines is 1. The number of aryl methyl sites for hydroxylation is 1. The molecule has 9 N–H and O–H groups in total. The van der Waals surface area contributed by atoms with Crippen LogP contribution in [0.5, 0.6) is 0 Å². The van der Waals surface area contributed by atoms with Crippen molar-refractivity contribution in [3.05, 3.63) is 58.7 Å². The van der Waals surface area contributed by atoms with Crippen LogP contribution in [0.15, 0.2) is 41.8 Å². The first-order chi connectivity index (χ1) is 26.3. The first-order valence-electron chi connectivity index (χ1n) is 22.0. The lowest BCUT2D eigenvalue weighted by molar-refractivity contribution is -0.146. The van der Waals surface area contributed by atoms with Gasteiger partial charge in [-0.3, -0.25) is 4.79 Å². The predicted octanol–water partition coefficient (Wildman–Crippen LogP) is 8.03.